The molecule has 3 aromatic rings. The molecule has 0 bridgehead atoms. The topological polar surface area (TPSA) is 60.0 Å². The number of thioether (sulfide) groups is 1. The van der Waals surface area contributed by atoms with Gasteiger partial charge in [0.2, 0.25) is 0 Å². The van der Waals surface area contributed by atoms with E-state index in [9.17, 15) is 0 Å². The van der Waals surface area contributed by atoms with Crippen LogP contribution in [0.15, 0.2) is 76.9 Å². The van der Waals surface area contributed by atoms with Gasteiger partial charge < -0.3 is 10.5 Å². The molecule has 0 aromatic heterocycles. The third kappa shape index (κ3) is 6.67. The van der Waals surface area contributed by atoms with Gasteiger partial charge in [0.25, 0.3) is 0 Å². The van der Waals surface area contributed by atoms with Crippen molar-refractivity contribution in [3.63, 3.8) is 0 Å². The molecule has 0 fully saturated rings. The van der Waals surface area contributed by atoms with Gasteiger partial charge in [-0.1, -0.05) is 83.0 Å². The van der Waals surface area contributed by atoms with Gasteiger partial charge in [0.15, 0.2) is 5.17 Å². The molecule has 0 saturated heterocycles. The molecule has 2 N–H and O–H groups in total. The minimum absolute atomic E-state index is 0.208. The van der Waals surface area contributed by atoms with Gasteiger partial charge in [-0.3, -0.25) is 0 Å². The molecule has 3 rings (SSSR count). The summed E-state index contributed by atoms with van der Waals surface area (Å²) in [6.07, 6.45) is 1.55. The third-order valence-corrected chi connectivity index (χ3v) is 5.79. The summed E-state index contributed by atoms with van der Waals surface area (Å²) in [6, 6.07) is 20.5. The van der Waals surface area contributed by atoms with Gasteiger partial charge in [-0.25, -0.2) is 0 Å². The average Bonchev–Trinajstić information content (AvgIpc) is 2.74. The van der Waals surface area contributed by atoms with Crippen molar-refractivity contribution in [1.82, 2.24) is 0 Å². The number of ether oxygens (including phenoxy) is 1. The summed E-state index contributed by atoms with van der Waals surface area (Å²) in [5, 5.41) is 10.1. The number of hydrogen-bond donors (Lipinski definition) is 1. The number of halogens is 3. The van der Waals surface area contributed by atoms with Crippen LogP contribution in [0.2, 0.25) is 15.1 Å². The maximum absolute atomic E-state index is 6.21. The van der Waals surface area contributed by atoms with E-state index in [4.69, 9.17) is 45.3 Å². The fraction of sp³-hybridized carbons (Fsp3) is 0.0909. The van der Waals surface area contributed by atoms with Gasteiger partial charge >= 0.3 is 0 Å². The van der Waals surface area contributed by atoms with Crippen LogP contribution >= 0.6 is 46.6 Å². The van der Waals surface area contributed by atoms with Crippen molar-refractivity contribution in [3.05, 3.63) is 98.5 Å². The van der Waals surface area contributed by atoms with E-state index in [2.05, 4.69) is 10.2 Å². The summed E-state index contributed by atoms with van der Waals surface area (Å²) in [6.45, 7) is 0.208. The Morgan fingerprint density at radius 2 is 1.70 bits per heavy atom. The van der Waals surface area contributed by atoms with E-state index in [1.807, 2.05) is 30.3 Å². The molecule has 3 aromatic carbocycles. The highest BCUT2D eigenvalue weighted by Crippen LogP contribution is 2.28. The molecule has 0 aliphatic heterocycles. The predicted molar refractivity (Wildman–Crippen MR) is 129 cm³/mol. The Labute approximate surface area is 194 Å². The van der Waals surface area contributed by atoms with E-state index < -0.39 is 0 Å². The van der Waals surface area contributed by atoms with Crippen molar-refractivity contribution in [2.45, 2.75) is 12.4 Å². The summed E-state index contributed by atoms with van der Waals surface area (Å²) >= 11 is 19.9. The Morgan fingerprint density at radius 1 is 0.967 bits per heavy atom. The molecule has 0 saturated carbocycles. The molecular formula is C22H18Cl3N3OS. The summed E-state index contributed by atoms with van der Waals surface area (Å²) in [4.78, 5) is 0. The second kappa shape index (κ2) is 11.3. The predicted octanol–water partition coefficient (Wildman–Crippen LogP) is 6.81. The Balaban J connectivity index is 1.67. The van der Waals surface area contributed by atoms with Crippen molar-refractivity contribution in [2.24, 2.45) is 15.9 Å². The molecule has 0 aliphatic rings. The van der Waals surface area contributed by atoms with Gasteiger partial charge in [-0.05, 0) is 35.9 Å². The highest BCUT2D eigenvalue weighted by atomic mass is 35.5. The van der Waals surface area contributed by atoms with Gasteiger partial charge in [-0.2, -0.15) is 5.10 Å². The highest BCUT2D eigenvalue weighted by molar-refractivity contribution is 8.13. The first-order valence-electron chi connectivity index (χ1n) is 8.91. The van der Waals surface area contributed by atoms with Crippen LogP contribution in [0.3, 0.4) is 0 Å². The zero-order valence-corrected chi connectivity index (χ0v) is 18.8. The average molecular weight is 479 g/mol. The van der Waals surface area contributed by atoms with Gasteiger partial charge in [0, 0.05) is 31.9 Å². The monoisotopic (exact) mass is 477 g/mol. The minimum Gasteiger partial charge on any atom is -0.488 e. The molecule has 0 unspecified atom stereocenters. The first-order valence-corrected chi connectivity index (χ1v) is 11.0. The molecule has 154 valence electrons. The van der Waals surface area contributed by atoms with Crippen LogP contribution in [0.25, 0.3) is 0 Å². The molecule has 0 aliphatic carbocycles. The fourth-order valence-electron chi connectivity index (χ4n) is 2.48. The highest BCUT2D eigenvalue weighted by Gasteiger charge is 2.09. The second-order valence-corrected chi connectivity index (χ2v) is 8.37. The van der Waals surface area contributed by atoms with E-state index >= 15 is 0 Å². The fourth-order valence-corrected chi connectivity index (χ4v) is 3.78. The van der Waals surface area contributed by atoms with Gasteiger partial charge in [0.05, 0.1) is 6.21 Å². The molecule has 0 spiro atoms. The molecule has 4 nitrogen and oxygen atoms in total. The third-order valence-electron chi connectivity index (χ3n) is 3.99. The van der Waals surface area contributed by atoms with Crippen LogP contribution in [-0.4, -0.2) is 11.4 Å². The maximum Gasteiger partial charge on any atom is 0.180 e. The van der Waals surface area contributed by atoms with Crippen LogP contribution < -0.4 is 10.5 Å². The first-order chi connectivity index (χ1) is 14.5. The normalized spacial score (nSPS) is 11.8. The summed E-state index contributed by atoms with van der Waals surface area (Å²) < 4.78 is 5.90. The lowest BCUT2D eigenvalue weighted by atomic mass is 10.2. The van der Waals surface area contributed by atoms with Crippen LogP contribution in [0, 0.1) is 0 Å². The van der Waals surface area contributed by atoms with Crippen LogP contribution in [-0.2, 0) is 12.4 Å². The maximum atomic E-state index is 6.21. The Bertz CT molecular complexity index is 1040. The SMILES string of the molecule is NC(=NN=Cc1cc(Cl)ccc1OCc1c(Cl)cccc1Cl)SCc1ccccc1. The largest absolute Gasteiger partial charge is 0.488 e. The van der Waals surface area contributed by atoms with E-state index in [0.717, 1.165) is 11.3 Å². The van der Waals surface area contributed by atoms with Crippen molar-refractivity contribution >= 4 is 57.9 Å². The number of benzene rings is 3. The standard InChI is InChI=1S/C22H18Cl3N3OS/c23-17-9-10-21(29-13-18-19(24)7-4-8-20(18)25)16(11-17)12-27-28-22(26)30-14-15-5-2-1-3-6-15/h1-12H,13-14H2,(H2,26,28). The molecular weight excluding hydrogens is 461 g/mol. The van der Waals surface area contributed by atoms with E-state index in [1.54, 1.807) is 42.6 Å². The van der Waals surface area contributed by atoms with Gasteiger partial charge in [-0.15, -0.1) is 5.10 Å². The smallest absolute Gasteiger partial charge is 0.180 e. The minimum atomic E-state index is 0.208. The Hall–Kier alpha value is -2.18. The Morgan fingerprint density at radius 3 is 2.43 bits per heavy atom. The van der Waals surface area contributed by atoms with Crippen LogP contribution in [0.4, 0.5) is 0 Å². The zero-order chi connectivity index (χ0) is 21.3. The van der Waals surface area contributed by atoms with Crippen molar-refractivity contribution in [1.29, 1.82) is 0 Å². The lowest BCUT2D eigenvalue weighted by Crippen LogP contribution is -2.06. The number of nitrogens with two attached hydrogens (primary N) is 1. The van der Waals surface area contributed by atoms with Gasteiger partial charge in [0.1, 0.15) is 12.4 Å². The summed E-state index contributed by atoms with van der Waals surface area (Å²) in [5.74, 6) is 1.29. The van der Waals surface area contributed by atoms with Crippen molar-refractivity contribution in [2.75, 3.05) is 0 Å². The molecule has 0 atom stereocenters. The number of amidine groups is 1. The van der Waals surface area contributed by atoms with Crippen molar-refractivity contribution < 1.29 is 4.74 Å². The number of nitrogens with zero attached hydrogens (tertiary/aromatic N) is 2. The van der Waals surface area contributed by atoms with E-state index in [-0.39, 0.29) is 6.61 Å². The summed E-state index contributed by atoms with van der Waals surface area (Å²) in [7, 11) is 0. The molecule has 0 heterocycles. The van der Waals surface area contributed by atoms with Crippen molar-refractivity contribution in [3.8, 4) is 5.75 Å². The number of hydrogen-bond acceptors (Lipinski definition) is 4. The number of rotatable bonds is 7. The second-order valence-electron chi connectivity index (χ2n) is 6.13. The molecule has 30 heavy (non-hydrogen) atoms. The van der Waals surface area contributed by atoms with E-state index in [1.165, 1.54) is 11.8 Å². The van der Waals surface area contributed by atoms with Crippen LogP contribution in [0.5, 0.6) is 5.75 Å². The molecule has 0 amide bonds. The Kier molecular flexibility index (Phi) is 8.46. The quantitative estimate of drug-likeness (QED) is 0.230. The molecule has 0 radical (unpaired) electrons. The first kappa shape index (κ1) is 22.5. The lowest BCUT2D eigenvalue weighted by Gasteiger charge is -2.11. The summed E-state index contributed by atoms with van der Waals surface area (Å²) in [5.41, 5.74) is 8.46. The lowest BCUT2D eigenvalue weighted by molar-refractivity contribution is 0.306. The zero-order valence-electron chi connectivity index (χ0n) is 15.8. The van der Waals surface area contributed by atoms with E-state index in [0.29, 0.717) is 37.1 Å². The molecule has 8 heteroatoms. The van der Waals surface area contributed by atoms with Crippen LogP contribution in [0.1, 0.15) is 16.7 Å².